The molecule has 1 aromatic heterocycles. The number of halogens is 5. The third-order valence-corrected chi connectivity index (χ3v) is 6.51. The number of urea groups is 1. The summed E-state index contributed by atoms with van der Waals surface area (Å²) in [4.78, 5) is 16.3. The number of nitrogens with one attached hydrogen (secondary N) is 1. The van der Waals surface area contributed by atoms with Gasteiger partial charge in [-0.25, -0.2) is 13.6 Å². The first-order valence-corrected chi connectivity index (χ1v) is 11.8. The van der Waals surface area contributed by atoms with E-state index in [4.69, 9.17) is 0 Å². The van der Waals surface area contributed by atoms with Gasteiger partial charge >= 0.3 is 12.2 Å². The van der Waals surface area contributed by atoms with Gasteiger partial charge in [0.1, 0.15) is 17.3 Å². The number of aromatic nitrogens is 2. The fraction of sp³-hybridized carbons (Fsp3) is 0.222. The van der Waals surface area contributed by atoms with E-state index in [0.29, 0.717) is 42.8 Å². The Morgan fingerprint density at radius 2 is 1.66 bits per heavy atom. The van der Waals surface area contributed by atoms with Gasteiger partial charge in [-0.05, 0) is 31.2 Å². The molecule has 38 heavy (non-hydrogen) atoms. The molecular weight excluding hydrogens is 505 g/mol. The van der Waals surface area contributed by atoms with Crippen molar-refractivity contribution in [2.45, 2.75) is 19.1 Å². The van der Waals surface area contributed by atoms with Crippen LogP contribution in [-0.2, 0) is 6.18 Å². The average molecular weight is 527 g/mol. The van der Waals surface area contributed by atoms with E-state index in [0.717, 1.165) is 29.0 Å². The minimum absolute atomic E-state index is 0.109. The summed E-state index contributed by atoms with van der Waals surface area (Å²) in [6.07, 6.45) is -4.43. The van der Waals surface area contributed by atoms with Gasteiger partial charge < -0.3 is 15.1 Å². The minimum atomic E-state index is -4.43. The number of amides is 2. The molecule has 0 bridgehead atoms. The van der Waals surface area contributed by atoms with Gasteiger partial charge in [-0.15, -0.1) is 10.2 Å². The van der Waals surface area contributed by atoms with Crippen molar-refractivity contribution >= 4 is 28.3 Å². The van der Waals surface area contributed by atoms with Gasteiger partial charge in [0.15, 0.2) is 5.82 Å². The van der Waals surface area contributed by atoms with Crippen molar-refractivity contribution in [3.05, 3.63) is 83.9 Å². The molecule has 1 atom stereocenters. The van der Waals surface area contributed by atoms with Crippen LogP contribution in [0.1, 0.15) is 12.5 Å². The van der Waals surface area contributed by atoms with Gasteiger partial charge in [0, 0.05) is 48.1 Å². The summed E-state index contributed by atoms with van der Waals surface area (Å²) in [6.45, 7) is 2.99. The molecule has 2 amide bonds. The Kier molecular flexibility index (Phi) is 6.60. The Hall–Kier alpha value is -4.28. The summed E-state index contributed by atoms with van der Waals surface area (Å²) in [5.41, 5.74) is 0.122. The number of carbonyl (C=O) groups is 1. The SMILES string of the molecule is CC1CN(c2nnc(-c3ccc(C(F)(F)F)cc3)c3ccccc23)CCN1C(=O)Nc1ccc(F)cc1F. The molecule has 1 aliphatic heterocycles. The molecule has 1 aliphatic rings. The Morgan fingerprint density at radius 1 is 0.947 bits per heavy atom. The molecule has 2 heterocycles. The fourth-order valence-corrected chi connectivity index (χ4v) is 4.58. The van der Waals surface area contributed by atoms with Crippen LogP contribution in [0.2, 0.25) is 0 Å². The lowest BCUT2D eigenvalue weighted by atomic mass is 10.0. The molecule has 3 aromatic carbocycles. The Balaban J connectivity index is 1.37. The van der Waals surface area contributed by atoms with Crippen LogP contribution in [0, 0.1) is 11.6 Å². The predicted molar refractivity (Wildman–Crippen MR) is 134 cm³/mol. The highest BCUT2D eigenvalue weighted by atomic mass is 19.4. The number of nitrogens with zero attached hydrogens (tertiary/aromatic N) is 4. The quantitative estimate of drug-likeness (QED) is 0.316. The summed E-state index contributed by atoms with van der Waals surface area (Å²) in [7, 11) is 0. The van der Waals surface area contributed by atoms with E-state index in [9.17, 15) is 26.7 Å². The van der Waals surface area contributed by atoms with Crippen LogP contribution >= 0.6 is 0 Å². The maximum absolute atomic E-state index is 14.0. The molecule has 1 N–H and O–H groups in total. The molecule has 0 aliphatic carbocycles. The largest absolute Gasteiger partial charge is 0.416 e. The zero-order valence-electron chi connectivity index (χ0n) is 20.1. The lowest BCUT2D eigenvalue weighted by Crippen LogP contribution is -2.55. The van der Waals surface area contributed by atoms with E-state index >= 15 is 0 Å². The van der Waals surface area contributed by atoms with Crippen LogP contribution in [0.4, 0.5) is 38.3 Å². The normalized spacial score (nSPS) is 16.1. The summed E-state index contributed by atoms with van der Waals surface area (Å²) in [5.74, 6) is -1.01. The lowest BCUT2D eigenvalue weighted by molar-refractivity contribution is -0.137. The predicted octanol–water partition coefficient (Wildman–Crippen LogP) is 6.34. The van der Waals surface area contributed by atoms with Gasteiger partial charge in [0.05, 0.1) is 11.3 Å². The molecular formula is C27H22F5N5O. The van der Waals surface area contributed by atoms with E-state index in [2.05, 4.69) is 15.5 Å². The van der Waals surface area contributed by atoms with Crippen molar-refractivity contribution < 1.29 is 26.7 Å². The molecule has 0 spiro atoms. The molecule has 196 valence electrons. The molecule has 0 saturated carbocycles. The number of hydrogen-bond acceptors (Lipinski definition) is 4. The Bertz CT molecular complexity index is 1490. The van der Waals surface area contributed by atoms with Gasteiger partial charge in [-0.1, -0.05) is 36.4 Å². The van der Waals surface area contributed by atoms with Crippen molar-refractivity contribution in [2.24, 2.45) is 0 Å². The number of piperazine rings is 1. The number of alkyl halides is 3. The minimum Gasteiger partial charge on any atom is -0.351 e. The van der Waals surface area contributed by atoms with Crippen molar-refractivity contribution in [3.63, 3.8) is 0 Å². The van der Waals surface area contributed by atoms with Crippen LogP contribution in [0.25, 0.3) is 22.0 Å². The zero-order valence-corrected chi connectivity index (χ0v) is 20.1. The smallest absolute Gasteiger partial charge is 0.351 e. The standard InChI is InChI=1S/C27H22F5N5O/c1-16-15-36(12-13-37(16)26(38)33-23-11-10-19(28)14-22(23)29)25-21-5-3-2-4-20(21)24(34-35-25)17-6-8-18(9-7-17)27(30,31)32/h2-11,14,16H,12-13,15H2,1H3,(H,33,38). The van der Waals surface area contributed by atoms with E-state index in [1.54, 1.807) is 4.90 Å². The van der Waals surface area contributed by atoms with Gasteiger partial charge in [-0.2, -0.15) is 13.2 Å². The molecule has 5 rings (SSSR count). The highest BCUT2D eigenvalue weighted by molar-refractivity contribution is 6.00. The van der Waals surface area contributed by atoms with Crippen molar-refractivity contribution in [3.8, 4) is 11.3 Å². The van der Waals surface area contributed by atoms with E-state index in [1.807, 2.05) is 36.1 Å². The highest BCUT2D eigenvalue weighted by Crippen LogP contribution is 2.35. The number of benzene rings is 3. The van der Waals surface area contributed by atoms with Gasteiger partial charge in [0.25, 0.3) is 0 Å². The molecule has 1 unspecified atom stereocenters. The number of rotatable bonds is 3. The van der Waals surface area contributed by atoms with Crippen LogP contribution in [0.15, 0.2) is 66.7 Å². The third-order valence-electron chi connectivity index (χ3n) is 6.51. The summed E-state index contributed by atoms with van der Waals surface area (Å²) in [6, 6.07) is 14.3. The second kappa shape index (κ2) is 9.88. The van der Waals surface area contributed by atoms with Gasteiger partial charge in [-0.3, -0.25) is 0 Å². The molecule has 6 nitrogen and oxygen atoms in total. The van der Waals surface area contributed by atoms with Gasteiger partial charge in [0.2, 0.25) is 0 Å². The third kappa shape index (κ3) is 4.96. The Labute approximate surface area is 214 Å². The summed E-state index contributed by atoms with van der Waals surface area (Å²) < 4.78 is 66.1. The van der Waals surface area contributed by atoms with Crippen molar-refractivity contribution in [1.29, 1.82) is 0 Å². The fourth-order valence-electron chi connectivity index (χ4n) is 4.58. The monoisotopic (exact) mass is 527 g/mol. The van der Waals surface area contributed by atoms with E-state index in [-0.39, 0.29) is 11.7 Å². The number of fused-ring (bicyclic) bond motifs is 1. The van der Waals surface area contributed by atoms with Crippen LogP contribution in [-0.4, -0.2) is 46.8 Å². The lowest BCUT2D eigenvalue weighted by Gasteiger charge is -2.40. The molecule has 11 heteroatoms. The topological polar surface area (TPSA) is 61.4 Å². The van der Waals surface area contributed by atoms with Crippen molar-refractivity contribution in [2.75, 3.05) is 29.9 Å². The second-order valence-corrected chi connectivity index (χ2v) is 9.04. The van der Waals surface area contributed by atoms with Crippen LogP contribution in [0.5, 0.6) is 0 Å². The van der Waals surface area contributed by atoms with Crippen LogP contribution < -0.4 is 10.2 Å². The average Bonchev–Trinajstić information content (AvgIpc) is 2.89. The molecule has 0 radical (unpaired) electrons. The number of hydrogen-bond donors (Lipinski definition) is 1. The van der Waals surface area contributed by atoms with Crippen LogP contribution in [0.3, 0.4) is 0 Å². The number of anilines is 2. The molecule has 1 saturated heterocycles. The maximum atomic E-state index is 14.0. The second-order valence-electron chi connectivity index (χ2n) is 9.04. The first-order chi connectivity index (χ1) is 18.1. The van der Waals surface area contributed by atoms with E-state index in [1.165, 1.54) is 18.2 Å². The number of carbonyl (C=O) groups excluding carboxylic acids is 1. The maximum Gasteiger partial charge on any atom is 0.416 e. The summed E-state index contributed by atoms with van der Waals surface area (Å²) >= 11 is 0. The first kappa shape index (κ1) is 25.4. The van der Waals surface area contributed by atoms with Crippen molar-refractivity contribution in [1.82, 2.24) is 15.1 Å². The first-order valence-electron chi connectivity index (χ1n) is 11.8. The molecule has 1 fully saturated rings. The Morgan fingerprint density at radius 3 is 2.32 bits per heavy atom. The summed E-state index contributed by atoms with van der Waals surface area (Å²) in [5, 5.41) is 12.8. The van der Waals surface area contributed by atoms with E-state index < -0.39 is 29.4 Å². The molecule has 4 aromatic rings. The highest BCUT2D eigenvalue weighted by Gasteiger charge is 2.31. The zero-order chi connectivity index (χ0) is 27.0.